The van der Waals surface area contributed by atoms with Gasteiger partial charge in [-0.1, -0.05) is 12.1 Å². The number of nitrogens with zero attached hydrogens (tertiary/aromatic N) is 5. The van der Waals surface area contributed by atoms with E-state index in [1.54, 1.807) is 18.1 Å². The highest BCUT2D eigenvalue weighted by molar-refractivity contribution is 5.99. The van der Waals surface area contributed by atoms with Gasteiger partial charge in [0.2, 0.25) is 0 Å². The summed E-state index contributed by atoms with van der Waals surface area (Å²) in [6.07, 6.45) is 3.01. The third-order valence-electron chi connectivity index (χ3n) is 4.76. The van der Waals surface area contributed by atoms with Crippen LogP contribution in [0, 0.1) is 10.1 Å². The second-order valence-electron chi connectivity index (χ2n) is 6.54. The van der Waals surface area contributed by atoms with Gasteiger partial charge in [0.25, 0.3) is 11.6 Å². The fourth-order valence-corrected chi connectivity index (χ4v) is 2.93. The van der Waals surface area contributed by atoms with Crippen LogP contribution in [0.1, 0.15) is 39.2 Å². The number of rotatable bonds is 6. The lowest BCUT2D eigenvalue weighted by Gasteiger charge is -2.25. The van der Waals surface area contributed by atoms with Gasteiger partial charge in [0.15, 0.2) is 0 Å². The largest absolute Gasteiger partial charge is 0.465 e. The number of amides is 1. The lowest BCUT2D eigenvalue weighted by Crippen LogP contribution is -2.30. The minimum atomic E-state index is -0.757. The van der Waals surface area contributed by atoms with Gasteiger partial charge in [0, 0.05) is 24.7 Å². The van der Waals surface area contributed by atoms with Crippen molar-refractivity contribution >= 4 is 17.6 Å². The molecule has 0 saturated heterocycles. The van der Waals surface area contributed by atoms with Gasteiger partial charge < -0.3 is 9.64 Å². The van der Waals surface area contributed by atoms with Crippen LogP contribution in [0.3, 0.4) is 0 Å². The molecule has 0 spiro atoms. The molecule has 0 fully saturated rings. The first-order valence-corrected chi connectivity index (χ1v) is 8.91. The smallest absolute Gasteiger partial charge is 0.338 e. The number of aromatic nitrogens is 3. The van der Waals surface area contributed by atoms with Crippen LogP contribution in [0.4, 0.5) is 5.69 Å². The average molecular weight is 409 g/mol. The van der Waals surface area contributed by atoms with E-state index in [1.165, 1.54) is 24.4 Å². The predicted octanol–water partition coefficient (Wildman–Crippen LogP) is 2.80. The third-order valence-corrected chi connectivity index (χ3v) is 4.76. The van der Waals surface area contributed by atoms with E-state index in [9.17, 15) is 19.7 Å². The molecule has 10 heteroatoms. The number of non-ortho nitro benzene ring substituents is 1. The van der Waals surface area contributed by atoms with Crippen molar-refractivity contribution in [2.75, 3.05) is 14.2 Å². The van der Waals surface area contributed by atoms with Crippen LogP contribution in [0.25, 0.3) is 5.69 Å². The lowest BCUT2D eigenvalue weighted by atomic mass is 10.0. The number of benzene rings is 2. The van der Waals surface area contributed by atoms with Crippen molar-refractivity contribution in [3.05, 3.63) is 81.9 Å². The molecule has 3 aromatic rings. The highest BCUT2D eigenvalue weighted by Gasteiger charge is 2.23. The molecule has 3 rings (SSSR count). The molecular weight excluding hydrogens is 390 g/mol. The van der Waals surface area contributed by atoms with Gasteiger partial charge in [-0.2, -0.15) is 5.10 Å². The first kappa shape index (κ1) is 20.6. The molecular formula is C20H19N5O5. The Kier molecular flexibility index (Phi) is 5.86. The zero-order valence-corrected chi connectivity index (χ0v) is 16.6. The quantitative estimate of drug-likeness (QED) is 0.349. The van der Waals surface area contributed by atoms with Crippen LogP contribution in [0.2, 0.25) is 0 Å². The molecule has 0 bridgehead atoms. The molecule has 2 aromatic carbocycles. The number of carbonyl (C=O) groups excluding carboxylic acids is 2. The number of hydrogen-bond donors (Lipinski definition) is 0. The van der Waals surface area contributed by atoms with E-state index in [-0.39, 0.29) is 22.9 Å². The molecule has 10 nitrogen and oxygen atoms in total. The highest BCUT2D eigenvalue weighted by atomic mass is 16.6. The van der Waals surface area contributed by atoms with Crippen LogP contribution in [0.15, 0.2) is 55.1 Å². The number of nitro benzene ring substituents is 1. The molecule has 1 amide bonds. The van der Waals surface area contributed by atoms with E-state index in [2.05, 4.69) is 14.8 Å². The van der Waals surface area contributed by atoms with E-state index in [1.807, 2.05) is 31.2 Å². The minimum absolute atomic E-state index is 0.0261. The standard InChI is InChI=1S/C20H19N5O5/c1-13(14-4-6-17(7-5-14)24-12-21-11-22-24)23(2)19(26)15-8-16(20(27)30-3)10-18(9-15)25(28)29/h4-13H,1-3H3/t13-/m1/s1. The Bertz CT molecular complexity index is 1080. The highest BCUT2D eigenvalue weighted by Crippen LogP contribution is 2.24. The Labute approximate surface area is 171 Å². The van der Waals surface area contributed by atoms with E-state index >= 15 is 0 Å². The van der Waals surface area contributed by atoms with Crippen molar-refractivity contribution in [3.8, 4) is 5.69 Å². The van der Waals surface area contributed by atoms with Gasteiger partial charge in [0.05, 0.1) is 29.3 Å². The first-order valence-electron chi connectivity index (χ1n) is 8.91. The molecule has 0 aliphatic carbocycles. The number of esters is 1. The fraction of sp³-hybridized carbons (Fsp3) is 0.200. The number of nitro groups is 1. The molecule has 0 radical (unpaired) electrons. The van der Waals surface area contributed by atoms with Crippen LogP contribution < -0.4 is 0 Å². The summed E-state index contributed by atoms with van der Waals surface area (Å²) in [7, 11) is 2.76. The fourth-order valence-electron chi connectivity index (χ4n) is 2.93. The first-order chi connectivity index (χ1) is 14.3. The number of carbonyl (C=O) groups is 2. The molecule has 0 aliphatic rings. The van der Waals surface area contributed by atoms with Crippen molar-refractivity contribution in [1.29, 1.82) is 0 Å². The Morgan fingerprint density at radius 3 is 2.40 bits per heavy atom. The van der Waals surface area contributed by atoms with E-state index < -0.39 is 16.8 Å². The second kappa shape index (κ2) is 8.52. The van der Waals surface area contributed by atoms with Crippen LogP contribution >= 0.6 is 0 Å². The summed E-state index contributed by atoms with van der Waals surface area (Å²) in [4.78, 5) is 40.7. The van der Waals surface area contributed by atoms with Gasteiger partial charge in [-0.25, -0.2) is 14.5 Å². The van der Waals surface area contributed by atoms with Crippen LogP contribution in [-0.4, -0.2) is 50.6 Å². The minimum Gasteiger partial charge on any atom is -0.465 e. The number of methoxy groups -OCH3 is 1. The zero-order chi connectivity index (χ0) is 21.8. The van der Waals surface area contributed by atoms with Gasteiger partial charge in [-0.3, -0.25) is 14.9 Å². The molecule has 30 heavy (non-hydrogen) atoms. The summed E-state index contributed by atoms with van der Waals surface area (Å²) in [6.45, 7) is 1.83. The second-order valence-corrected chi connectivity index (χ2v) is 6.54. The number of hydrogen-bond acceptors (Lipinski definition) is 7. The maximum Gasteiger partial charge on any atom is 0.338 e. The normalized spacial score (nSPS) is 11.6. The summed E-state index contributed by atoms with van der Waals surface area (Å²) >= 11 is 0. The Hall–Kier alpha value is -4.08. The average Bonchev–Trinajstić information content (AvgIpc) is 3.31. The maximum atomic E-state index is 13.0. The summed E-state index contributed by atoms with van der Waals surface area (Å²) < 4.78 is 6.24. The molecule has 1 aromatic heterocycles. The van der Waals surface area contributed by atoms with Crippen molar-refractivity contribution in [2.24, 2.45) is 0 Å². The van der Waals surface area contributed by atoms with Crippen molar-refractivity contribution in [3.63, 3.8) is 0 Å². The lowest BCUT2D eigenvalue weighted by molar-refractivity contribution is -0.384. The Balaban J connectivity index is 1.86. The summed E-state index contributed by atoms with van der Waals surface area (Å²) in [5, 5.41) is 15.3. The number of ether oxygens (including phenoxy) is 1. The molecule has 0 unspecified atom stereocenters. The van der Waals surface area contributed by atoms with E-state index in [0.29, 0.717) is 0 Å². The van der Waals surface area contributed by atoms with E-state index in [4.69, 9.17) is 0 Å². The molecule has 154 valence electrons. The Morgan fingerprint density at radius 2 is 1.83 bits per heavy atom. The predicted molar refractivity (Wildman–Crippen MR) is 106 cm³/mol. The molecule has 1 atom stereocenters. The van der Waals surface area contributed by atoms with Crippen LogP contribution in [-0.2, 0) is 4.74 Å². The maximum absolute atomic E-state index is 13.0. The van der Waals surface area contributed by atoms with Gasteiger partial charge >= 0.3 is 5.97 Å². The summed E-state index contributed by atoms with van der Waals surface area (Å²) in [5.41, 5.74) is 1.28. The zero-order valence-electron chi connectivity index (χ0n) is 16.6. The Morgan fingerprint density at radius 1 is 1.17 bits per heavy atom. The van der Waals surface area contributed by atoms with Crippen molar-refractivity contribution in [1.82, 2.24) is 19.7 Å². The third kappa shape index (κ3) is 4.17. The SMILES string of the molecule is COC(=O)c1cc(C(=O)N(C)[C@H](C)c2ccc(-n3cncn3)cc2)cc([N+](=O)[O-])c1. The van der Waals surface area contributed by atoms with Gasteiger partial charge in [0.1, 0.15) is 12.7 Å². The monoisotopic (exact) mass is 409 g/mol. The molecule has 0 N–H and O–H groups in total. The summed E-state index contributed by atoms with van der Waals surface area (Å²) in [5.74, 6) is -1.22. The molecule has 0 aliphatic heterocycles. The van der Waals surface area contributed by atoms with Crippen molar-refractivity contribution in [2.45, 2.75) is 13.0 Å². The van der Waals surface area contributed by atoms with Gasteiger partial charge in [-0.15, -0.1) is 0 Å². The van der Waals surface area contributed by atoms with Crippen LogP contribution in [0.5, 0.6) is 0 Å². The van der Waals surface area contributed by atoms with Gasteiger partial charge in [-0.05, 0) is 30.7 Å². The van der Waals surface area contributed by atoms with E-state index in [0.717, 1.165) is 23.4 Å². The molecule has 0 saturated carbocycles. The molecule has 1 heterocycles. The summed E-state index contributed by atoms with van der Waals surface area (Å²) in [6, 6.07) is 10.6. The van der Waals surface area contributed by atoms with Crippen molar-refractivity contribution < 1.29 is 19.2 Å². The topological polar surface area (TPSA) is 120 Å².